The first-order valence-electron chi connectivity index (χ1n) is 6.02. The van der Waals surface area contributed by atoms with Crippen molar-refractivity contribution in [2.75, 3.05) is 25.1 Å². The van der Waals surface area contributed by atoms with Crippen molar-refractivity contribution in [1.29, 1.82) is 0 Å². The molecule has 0 amide bonds. The third kappa shape index (κ3) is 3.71. The van der Waals surface area contributed by atoms with Gasteiger partial charge in [0, 0.05) is 18.6 Å². The summed E-state index contributed by atoms with van der Waals surface area (Å²) in [5.41, 5.74) is 6.07. The summed E-state index contributed by atoms with van der Waals surface area (Å²) in [6, 6.07) is 0.304. The molecule has 0 bridgehead atoms. The minimum Gasteiger partial charge on any atom is -0.326 e. The average Bonchev–Trinajstić information content (AvgIpc) is 2.57. The molecule has 4 nitrogen and oxygen atoms in total. The molecule has 1 saturated heterocycles. The standard InChI is InChI=1S/C11H24N2O2S/c1-4-9(2)11(12)7-13(3)10-5-6-16(14,15)8-10/h9-11H,4-8,12H2,1-3H3. The maximum Gasteiger partial charge on any atom is 0.151 e. The molecule has 1 rings (SSSR count). The van der Waals surface area contributed by atoms with Gasteiger partial charge in [0.15, 0.2) is 9.84 Å². The topological polar surface area (TPSA) is 63.4 Å². The van der Waals surface area contributed by atoms with E-state index in [9.17, 15) is 8.42 Å². The largest absolute Gasteiger partial charge is 0.326 e. The molecule has 0 aromatic rings. The van der Waals surface area contributed by atoms with Crippen LogP contribution in [0.3, 0.4) is 0 Å². The van der Waals surface area contributed by atoms with Crippen LogP contribution in [0.5, 0.6) is 0 Å². The molecular weight excluding hydrogens is 224 g/mol. The minimum absolute atomic E-state index is 0.137. The molecule has 1 aliphatic heterocycles. The van der Waals surface area contributed by atoms with E-state index < -0.39 is 9.84 Å². The summed E-state index contributed by atoms with van der Waals surface area (Å²) in [6.45, 7) is 5.06. The van der Waals surface area contributed by atoms with E-state index in [1.165, 1.54) is 0 Å². The van der Waals surface area contributed by atoms with Gasteiger partial charge < -0.3 is 10.6 Å². The Morgan fingerprint density at radius 2 is 2.12 bits per heavy atom. The highest BCUT2D eigenvalue weighted by atomic mass is 32.2. The Bertz CT molecular complexity index is 316. The molecule has 1 heterocycles. The molecule has 0 radical (unpaired) electrons. The van der Waals surface area contributed by atoms with Crippen molar-refractivity contribution >= 4 is 9.84 Å². The number of nitrogens with two attached hydrogens (primary N) is 1. The fraction of sp³-hybridized carbons (Fsp3) is 1.00. The molecule has 1 fully saturated rings. The predicted molar refractivity (Wildman–Crippen MR) is 67.1 cm³/mol. The molecule has 1 aliphatic rings. The zero-order valence-corrected chi connectivity index (χ0v) is 11.3. The van der Waals surface area contributed by atoms with Crippen LogP contribution in [0.1, 0.15) is 26.7 Å². The van der Waals surface area contributed by atoms with E-state index in [0.29, 0.717) is 17.4 Å². The quantitative estimate of drug-likeness (QED) is 0.768. The number of nitrogens with zero attached hydrogens (tertiary/aromatic N) is 1. The van der Waals surface area contributed by atoms with Crippen LogP contribution in [-0.2, 0) is 9.84 Å². The van der Waals surface area contributed by atoms with E-state index in [1.54, 1.807) is 0 Å². The Hall–Kier alpha value is -0.130. The Morgan fingerprint density at radius 3 is 2.56 bits per heavy atom. The van der Waals surface area contributed by atoms with Gasteiger partial charge in [0.05, 0.1) is 11.5 Å². The summed E-state index contributed by atoms with van der Waals surface area (Å²) in [4.78, 5) is 2.11. The minimum atomic E-state index is -2.78. The lowest BCUT2D eigenvalue weighted by atomic mass is 9.99. The third-order valence-electron chi connectivity index (χ3n) is 3.71. The van der Waals surface area contributed by atoms with Crippen molar-refractivity contribution in [2.24, 2.45) is 11.7 Å². The molecule has 3 atom stereocenters. The normalized spacial score (nSPS) is 28.2. The Kier molecular flexibility index (Phi) is 4.76. The highest BCUT2D eigenvalue weighted by Gasteiger charge is 2.31. The summed E-state index contributed by atoms with van der Waals surface area (Å²) >= 11 is 0. The Labute approximate surface area is 99.1 Å². The highest BCUT2D eigenvalue weighted by Crippen LogP contribution is 2.17. The smallest absolute Gasteiger partial charge is 0.151 e. The lowest BCUT2D eigenvalue weighted by Gasteiger charge is -2.28. The average molecular weight is 248 g/mol. The van der Waals surface area contributed by atoms with Crippen molar-refractivity contribution in [2.45, 2.75) is 38.8 Å². The van der Waals surface area contributed by atoms with Crippen molar-refractivity contribution < 1.29 is 8.42 Å². The van der Waals surface area contributed by atoms with Gasteiger partial charge in [-0.15, -0.1) is 0 Å². The number of hydrogen-bond acceptors (Lipinski definition) is 4. The second kappa shape index (κ2) is 5.47. The third-order valence-corrected chi connectivity index (χ3v) is 5.46. The van der Waals surface area contributed by atoms with Gasteiger partial charge in [0.25, 0.3) is 0 Å². The fourth-order valence-electron chi connectivity index (χ4n) is 2.09. The lowest BCUT2D eigenvalue weighted by Crippen LogP contribution is -2.44. The van der Waals surface area contributed by atoms with Gasteiger partial charge in [-0.05, 0) is 19.4 Å². The van der Waals surface area contributed by atoms with Gasteiger partial charge in [-0.25, -0.2) is 8.42 Å². The molecule has 0 spiro atoms. The van der Waals surface area contributed by atoms with E-state index in [2.05, 4.69) is 18.7 Å². The van der Waals surface area contributed by atoms with E-state index in [4.69, 9.17) is 5.73 Å². The lowest BCUT2D eigenvalue weighted by molar-refractivity contribution is 0.223. The first kappa shape index (κ1) is 13.9. The maximum absolute atomic E-state index is 11.4. The van der Waals surface area contributed by atoms with Gasteiger partial charge >= 0.3 is 0 Å². The van der Waals surface area contributed by atoms with E-state index in [0.717, 1.165) is 19.4 Å². The van der Waals surface area contributed by atoms with Crippen molar-refractivity contribution in [3.63, 3.8) is 0 Å². The summed E-state index contributed by atoms with van der Waals surface area (Å²) in [7, 11) is -0.805. The van der Waals surface area contributed by atoms with Crippen LogP contribution in [-0.4, -0.2) is 50.5 Å². The molecule has 16 heavy (non-hydrogen) atoms. The first-order chi connectivity index (χ1) is 7.35. The predicted octanol–water partition coefficient (Wildman–Crippen LogP) is 0.479. The monoisotopic (exact) mass is 248 g/mol. The zero-order chi connectivity index (χ0) is 12.3. The van der Waals surface area contributed by atoms with Crippen LogP contribution in [0.25, 0.3) is 0 Å². The van der Waals surface area contributed by atoms with Gasteiger partial charge in [-0.2, -0.15) is 0 Å². The summed E-state index contributed by atoms with van der Waals surface area (Å²) in [6.07, 6.45) is 1.82. The Balaban J connectivity index is 2.44. The van der Waals surface area contributed by atoms with E-state index in [1.807, 2.05) is 7.05 Å². The molecule has 2 N–H and O–H groups in total. The number of likely N-dealkylation sites (N-methyl/N-ethyl adjacent to an activating group) is 1. The highest BCUT2D eigenvalue weighted by molar-refractivity contribution is 7.91. The first-order valence-corrected chi connectivity index (χ1v) is 7.84. The molecule has 96 valence electrons. The molecule has 0 aromatic heterocycles. The van der Waals surface area contributed by atoms with Crippen LogP contribution in [0.2, 0.25) is 0 Å². The van der Waals surface area contributed by atoms with Crippen molar-refractivity contribution in [1.82, 2.24) is 4.90 Å². The number of sulfone groups is 1. The summed E-state index contributed by atoms with van der Waals surface area (Å²) < 4.78 is 22.7. The molecule has 0 aromatic carbocycles. The Morgan fingerprint density at radius 1 is 1.50 bits per heavy atom. The van der Waals surface area contributed by atoms with Crippen molar-refractivity contribution in [3.8, 4) is 0 Å². The summed E-state index contributed by atoms with van der Waals surface area (Å²) in [5, 5.41) is 0. The fourth-order valence-corrected chi connectivity index (χ4v) is 3.89. The number of rotatable bonds is 5. The van der Waals surface area contributed by atoms with Gasteiger partial charge in [0.1, 0.15) is 0 Å². The second-order valence-electron chi connectivity index (χ2n) is 5.05. The van der Waals surface area contributed by atoms with Crippen LogP contribution in [0.15, 0.2) is 0 Å². The van der Waals surface area contributed by atoms with Gasteiger partial charge in [-0.1, -0.05) is 20.3 Å². The van der Waals surface area contributed by atoms with Crippen LogP contribution in [0.4, 0.5) is 0 Å². The summed E-state index contributed by atoms with van der Waals surface area (Å²) in [5.74, 6) is 1.12. The van der Waals surface area contributed by atoms with Gasteiger partial charge in [-0.3, -0.25) is 0 Å². The SMILES string of the molecule is CCC(C)C(N)CN(C)C1CCS(=O)(=O)C1. The molecule has 0 saturated carbocycles. The molecular formula is C11H24N2O2S. The maximum atomic E-state index is 11.4. The second-order valence-corrected chi connectivity index (χ2v) is 7.27. The van der Waals surface area contributed by atoms with Crippen molar-refractivity contribution in [3.05, 3.63) is 0 Å². The molecule has 5 heteroatoms. The van der Waals surface area contributed by atoms with Crippen LogP contribution in [0, 0.1) is 5.92 Å². The molecule has 0 aliphatic carbocycles. The van der Waals surface area contributed by atoms with E-state index >= 15 is 0 Å². The molecule has 3 unspecified atom stereocenters. The number of hydrogen-bond donors (Lipinski definition) is 1. The van der Waals surface area contributed by atoms with E-state index in [-0.39, 0.29) is 12.1 Å². The van der Waals surface area contributed by atoms with Crippen LogP contribution >= 0.6 is 0 Å². The van der Waals surface area contributed by atoms with Gasteiger partial charge in [0.2, 0.25) is 0 Å². The zero-order valence-electron chi connectivity index (χ0n) is 10.5. The van der Waals surface area contributed by atoms with Crippen LogP contribution < -0.4 is 5.73 Å².